The summed E-state index contributed by atoms with van der Waals surface area (Å²) in [6.45, 7) is 13.1. The van der Waals surface area contributed by atoms with Crippen LogP contribution in [0.3, 0.4) is 0 Å². The average Bonchev–Trinajstić information content (AvgIpc) is 2.25. The SMILES string of the molecule is C=C(CCC=O)NCC(=O)C(=C)C.CC. The highest BCUT2D eigenvalue weighted by atomic mass is 16.1. The molecule has 0 unspecified atom stereocenters. The highest BCUT2D eigenvalue weighted by Gasteiger charge is 2.01. The molecule has 0 aromatic carbocycles. The molecular weight excluding hydrogens is 190 g/mol. The summed E-state index contributed by atoms with van der Waals surface area (Å²) in [6, 6.07) is 0. The van der Waals surface area contributed by atoms with E-state index in [4.69, 9.17) is 0 Å². The Labute approximate surface area is 92.3 Å². The van der Waals surface area contributed by atoms with Crippen molar-refractivity contribution in [3.8, 4) is 0 Å². The van der Waals surface area contributed by atoms with Gasteiger partial charge in [0.2, 0.25) is 0 Å². The van der Waals surface area contributed by atoms with Gasteiger partial charge in [0, 0.05) is 12.1 Å². The first-order valence-electron chi connectivity index (χ1n) is 5.12. The van der Waals surface area contributed by atoms with Crippen molar-refractivity contribution in [3.63, 3.8) is 0 Å². The third kappa shape index (κ3) is 10.5. The Morgan fingerprint density at radius 1 is 1.33 bits per heavy atom. The maximum Gasteiger partial charge on any atom is 0.176 e. The number of aldehydes is 1. The number of Topliss-reactive ketones (excluding diaryl/α,β-unsaturated/α-hetero) is 1. The Morgan fingerprint density at radius 3 is 2.27 bits per heavy atom. The van der Waals surface area contributed by atoms with Crippen LogP contribution in [0.15, 0.2) is 24.4 Å². The molecule has 0 aliphatic heterocycles. The molecule has 0 aromatic heterocycles. The van der Waals surface area contributed by atoms with Gasteiger partial charge in [-0.3, -0.25) is 4.79 Å². The van der Waals surface area contributed by atoms with E-state index in [2.05, 4.69) is 18.5 Å². The first-order valence-corrected chi connectivity index (χ1v) is 5.12. The van der Waals surface area contributed by atoms with Crippen LogP contribution in [-0.2, 0) is 9.59 Å². The van der Waals surface area contributed by atoms with Gasteiger partial charge in [-0.25, -0.2) is 0 Å². The van der Waals surface area contributed by atoms with E-state index in [9.17, 15) is 9.59 Å². The molecule has 1 N–H and O–H groups in total. The minimum atomic E-state index is -0.0350. The number of allylic oxidation sites excluding steroid dienone is 1. The molecule has 0 aliphatic rings. The van der Waals surface area contributed by atoms with E-state index in [-0.39, 0.29) is 12.3 Å². The van der Waals surface area contributed by atoms with Crippen molar-refractivity contribution in [2.75, 3.05) is 6.54 Å². The zero-order valence-corrected chi connectivity index (χ0v) is 9.93. The predicted octanol–water partition coefficient (Wildman–Crippen LogP) is 2.24. The third-order valence-corrected chi connectivity index (χ3v) is 1.54. The van der Waals surface area contributed by atoms with Gasteiger partial charge in [-0.1, -0.05) is 27.0 Å². The van der Waals surface area contributed by atoms with Crippen LogP contribution in [0.1, 0.15) is 33.6 Å². The maximum absolute atomic E-state index is 11.0. The average molecular weight is 211 g/mol. The number of nitrogens with one attached hydrogen (secondary N) is 1. The molecule has 0 atom stereocenters. The van der Waals surface area contributed by atoms with Gasteiger partial charge in [-0.05, 0) is 18.9 Å². The van der Waals surface area contributed by atoms with E-state index in [0.29, 0.717) is 24.1 Å². The predicted molar refractivity (Wildman–Crippen MR) is 63.6 cm³/mol. The molecule has 0 saturated heterocycles. The number of hydrogen-bond donors (Lipinski definition) is 1. The summed E-state index contributed by atoms with van der Waals surface area (Å²) >= 11 is 0. The summed E-state index contributed by atoms with van der Waals surface area (Å²) in [4.78, 5) is 21.1. The lowest BCUT2D eigenvalue weighted by Gasteiger charge is -2.06. The fourth-order valence-corrected chi connectivity index (χ4v) is 0.678. The smallest absolute Gasteiger partial charge is 0.176 e. The van der Waals surface area contributed by atoms with Gasteiger partial charge in [0.05, 0.1) is 6.54 Å². The fraction of sp³-hybridized carbons (Fsp3) is 0.500. The van der Waals surface area contributed by atoms with Crippen molar-refractivity contribution < 1.29 is 9.59 Å². The molecule has 0 heterocycles. The maximum atomic E-state index is 11.0. The van der Waals surface area contributed by atoms with Gasteiger partial charge in [0.1, 0.15) is 6.29 Å². The molecule has 0 saturated carbocycles. The van der Waals surface area contributed by atoms with Crippen molar-refractivity contribution in [3.05, 3.63) is 24.4 Å². The first kappa shape index (κ1) is 16.1. The van der Waals surface area contributed by atoms with Crippen LogP contribution in [-0.4, -0.2) is 18.6 Å². The quantitative estimate of drug-likeness (QED) is 0.519. The van der Waals surface area contributed by atoms with Crippen LogP contribution in [0.4, 0.5) is 0 Å². The summed E-state index contributed by atoms with van der Waals surface area (Å²) in [5, 5.41) is 2.83. The van der Waals surface area contributed by atoms with Crippen LogP contribution in [0, 0.1) is 0 Å². The van der Waals surface area contributed by atoms with E-state index in [1.807, 2.05) is 13.8 Å². The highest BCUT2D eigenvalue weighted by molar-refractivity contribution is 5.95. The Morgan fingerprint density at radius 2 is 1.87 bits per heavy atom. The molecule has 15 heavy (non-hydrogen) atoms. The topological polar surface area (TPSA) is 46.2 Å². The standard InChI is InChI=1S/C10H15NO2.C2H6/c1-8(2)10(13)7-11-9(3)5-4-6-12;1-2/h6,11H,1,3-5,7H2,2H3;1-2H3. The Balaban J connectivity index is 0. The molecule has 0 aliphatic carbocycles. The van der Waals surface area contributed by atoms with Gasteiger partial charge < -0.3 is 10.1 Å². The van der Waals surface area contributed by atoms with E-state index >= 15 is 0 Å². The molecular formula is C12H21NO2. The number of carbonyl (C=O) groups excluding carboxylic acids is 2. The molecule has 0 amide bonds. The van der Waals surface area contributed by atoms with Gasteiger partial charge in [0.15, 0.2) is 5.78 Å². The normalized spacial score (nSPS) is 8.20. The first-order chi connectivity index (χ1) is 7.07. The molecule has 0 fully saturated rings. The molecule has 3 heteroatoms. The van der Waals surface area contributed by atoms with E-state index in [1.54, 1.807) is 6.92 Å². The minimum absolute atomic E-state index is 0.0350. The molecule has 0 rings (SSSR count). The van der Waals surface area contributed by atoms with Gasteiger partial charge in [0.25, 0.3) is 0 Å². The summed E-state index contributed by atoms with van der Waals surface area (Å²) in [5.74, 6) is -0.0350. The number of carbonyl (C=O) groups is 2. The van der Waals surface area contributed by atoms with Crippen LogP contribution < -0.4 is 5.32 Å². The van der Waals surface area contributed by atoms with Gasteiger partial charge in [-0.2, -0.15) is 0 Å². The number of ketones is 1. The van der Waals surface area contributed by atoms with Crippen LogP contribution >= 0.6 is 0 Å². The molecule has 86 valence electrons. The molecule has 0 bridgehead atoms. The van der Waals surface area contributed by atoms with Crippen molar-refractivity contribution in [1.82, 2.24) is 5.32 Å². The van der Waals surface area contributed by atoms with Crippen molar-refractivity contribution in [2.24, 2.45) is 0 Å². The van der Waals surface area contributed by atoms with Crippen LogP contribution in [0.2, 0.25) is 0 Å². The van der Waals surface area contributed by atoms with Crippen LogP contribution in [0.25, 0.3) is 0 Å². The zero-order valence-electron chi connectivity index (χ0n) is 9.93. The highest BCUT2D eigenvalue weighted by Crippen LogP contribution is 1.96. The second-order valence-electron chi connectivity index (χ2n) is 2.87. The fourth-order valence-electron chi connectivity index (χ4n) is 0.678. The molecule has 0 aromatic rings. The lowest BCUT2D eigenvalue weighted by Crippen LogP contribution is -2.22. The number of hydrogen-bond acceptors (Lipinski definition) is 3. The molecule has 0 spiro atoms. The minimum Gasteiger partial charge on any atom is -0.381 e. The van der Waals surface area contributed by atoms with E-state index in [1.165, 1.54) is 0 Å². The number of rotatable bonds is 7. The summed E-state index contributed by atoms with van der Waals surface area (Å²) < 4.78 is 0. The van der Waals surface area contributed by atoms with Crippen LogP contribution in [0.5, 0.6) is 0 Å². The van der Waals surface area contributed by atoms with Crippen molar-refractivity contribution in [1.29, 1.82) is 0 Å². The lowest BCUT2D eigenvalue weighted by molar-refractivity contribution is -0.114. The second-order valence-corrected chi connectivity index (χ2v) is 2.87. The zero-order chi connectivity index (χ0) is 12.3. The van der Waals surface area contributed by atoms with Crippen molar-refractivity contribution >= 4 is 12.1 Å². The Bertz CT molecular complexity index is 232. The van der Waals surface area contributed by atoms with Gasteiger partial charge >= 0.3 is 0 Å². The Kier molecular flexibility index (Phi) is 11.5. The lowest BCUT2D eigenvalue weighted by atomic mass is 10.2. The van der Waals surface area contributed by atoms with Gasteiger partial charge in [-0.15, -0.1) is 0 Å². The van der Waals surface area contributed by atoms with E-state index < -0.39 is 0 Å². The second kappa shape index (κ2) is 10.7. The van der Waals surface area contributed by atoms with Crippen molar-refractivity contribution in [2.45, 2.75) is 33.6 Å². The Hall–Kier alpha value is -1.38. The molecule has 0 radical (unpaired) electrons. The largest absolute Gasteiger partial charge is 0.381 e. The summed E-state index contributed by atoms with van der Waals surface area (Å²) in [6.07, 6.45) is 1.84. The molecule has 3 nitrogen and oxygen atoms in total. The summed E-state index contributed by atoms with van der Waals surface area (Å²) in [5.41, 5.74) is 1.23. The summed E-state index contributed by atoms with van der Waals surface area (Å²) in [7, 11) is 0. The van der Waals surface area contributed by atoms with E-state index in [0.717, 1.165) is 6.29 Å². The third-order valence-electron chi connectivity index (χ3n) is 1.54. The monoisotopic (exact) mass is 211 g/mol.